The van der Waals surface area contributed by atoms with Crippen LogP contribution in [0.2, 0.25) is 5.02 Å². The number of likely N-dealkylation sites (tertiary alicyclic amines) is 1. The molecule has 0 radical (unpaired) electrons. The Morgan fingerprint density at radius 3 is 2.25 bits per heavy atom. The number of aryl methyl sites for hydroxylation is 1. The third-order valence-electron chi connectivity index (χ3n) is 9.37. The summed E-state index contributed by atoms with van der Waals surface area (Å²) in [6.07, 6.45) is 7.51. The van der Waals surface area contributed by atoms with Crippen LogP contribution in [-0.4, -0.2) is 65.7 Å². The molecule has 2 aromatic rings. The molecular weight excluding hydrogens is 522 g/mol. The monoisotopic (exact) mass is 563 g/mol. The van der Waals surface area contributed by atoms with E-state index in [1.165, 1.54) is 12.8 Å². The van der Waals surface area contributed by atoms with Crippen molar-refractivity contribution in [3.63, 3.8) is 0 Å². The number of rotatable bonds is 9. The minimum absolute atomic E-state index is 0.0789. The van der Waals surface area contributed by atoms with Gasteiger partial charge in [0.05, 0.1) is 0 Å². The third-order valence-corrected chi connectivity index (χ3v) is 9.78. The van der Waals surface area contributed by atoms with E-state index in [0.29, 0.717) is 61.9 Å². The zero-order valence-electron chi connectivity index (χ0n) is 23.9. The van der Waals surface area contributed by atoms with Gasteiger partial charge in [-0.2, -0.15) is 0 Å². The molecular formula is C33H42ClN3O3. The largest absolute Gasteiger partial charge is 0.343 e. The number of hydrogen-bond acceptors (Lipinski definition) is 4. The lowest BCUT2D eigenvalue weighted by Gasteiger charge is -2.39. The highest BCUT2D eigenvalue weighted by Gasteiger charge is 2.41. The van der Waals surface area contributed by atoms with Crippen molar-refractivity contribution in [2.75, 3.05) is 31.1 Å². The molecule has 3 aliphatic heterocycles. The predicted molar refractivity (Wildman–Crippen MR) is 160 cm³/mol. The van der Waals surface area contributed by atoms with Gasteiger partial charge in [0.2, 0.25) is 11.8 Å². The van der Waals surface area contributed by atoms with Crippen LogP contribution >= 0.6 is 11.6 Å². The van der Waals surface area contributed by atoms with Gasteiger partial charge in [0.15, 0.2) is 5.78 Å². The van der Waals surface area contributed by atoms with Crippen molar-refractivity contribution in [3.8, 4) is 0 Å². The van der Waals surface area contributed by atoms with Crippen LogP contribution in [0.25, 0.3) is 0 Å². The van der Waals surface area contributed by atoms with Gasteiger partial charge >= 0.3 is 0 Å². The summed E-state index contributed by atoms with van der Waals surface area (Å²) in [7, 11) is 0. The molecule has 214 valence electrons. The van der Waals surface area contributed by atoms with Crippen LogP contribution in [0.15, 0.2) is 48.5 Å². The van der Waals surface area contributed by atoms with E-state index in [9.17, 15) is 14.4 Å². The summed E-state index contributed by atoms with van der Waals surface area (Å²) in [5, 5.41) is 0.673. The zero-order valence-corrected chi connectivity index (χ0v) is 24.6. The van der Waals surface area contributed by atoms with Crippen molar-refractivity contribution in [2.45, 2.75) is 77.3 Å². The van der Waals surface area contributed by atoms with Gasteiger partial charge in [-0.1, -0.05) is 48.0 Å². The summed E-state index contributed by atoms with van der Waals surface area (Å²) in [4.78, 5) is 44.8. The number of ketones is 1. The molecule has 2 bridgehead atoms. The zero-order chi connectivity index (χ0) is 28.2. The molecule has 40 heavy (non-hydrogen) atoms. The fraction of sp³-hybridized carbons (Fsp3) is 0.545. The number of halogens is 1. The SMILES string of the molecule is CC(=O)N1CCC(C(=O)N(CCCN2C3CCC2CC(CC(=O)c2ccccc2)C3)c2ccc(C)c(Cl)c2)CC1. The highest BCUT2D eigenvalue weighted by Crippen LogP contribution is 2.40. The second-order valence-electron chi connectivity index (χ2n) is 12.0. The van der Waals surface area contributed by atoms with Gasteiger partial charge in [0.25, 0.3) is 0 Å². The first-order valence-corrected chi connectivity index (χ1v) is 15.3. The van der Waals surface area contributed by atoms with Gasteiger partial charge in [-0.25, -0.2) is 0 Å². The van der Waals surface area contributed by atoms with Crippen LogP contribution in [0.3, 0.4) is 0 Å². The van der Waals surface area contributed by atoms with Crippen LogP contribution in [0, 0.1) is 18.8 Å². The average molecular weight is 564 g/mol. The maximum absolute atomic E-state index is 13.8. The summed E-state index contributed by atoms with van der Waals surface area (Å²) >= 11 is 6.48. The number of piperidine rings is 2. The third kappa shape index (κ3) is 6.60. The van der Waals surface area contributed by atoms with E-state index in [0.717, 1.165) is 42.6 Å². The molecule has 7 heteroatoms. The lowest BCUT2D eigenvalue weighted by molar-refractivity contribution is -0.133. The number of benzene rings is 2. The molecule has 2 unspecified atom stereocenters. The van der Waals surface area contributed by atoms with Crippen molar-refractivity contribution in [2.24, 2.45) is 11.8 Å². The molecule has 3 saturated heterocycles. The number of amides is 2. The van der Waals surface area contributed by atoms with E-state index in [1.54, 1.807) is 6.92 Å². The molecule has 6 nitrogen and oxygen atoms in total. The fourth-order valence-corrected chi connectivity index (χ4v) is 7.29. The molecule has 0 saturated carbocycles. The van der Waals surface area contributed by atoms with Crippen LogP contribution in [0.1, 0.15) is 74.2 Å². The number of hydrogen-bond donors (Lipinski definition) is 0. The van der Waals surface area contributed by atoms with E-state index in [4.69, 9.17) is 11.6 Å². The van der Waals surface area contributed by atoms with E-state index < -0.39 is 0 Å². The summed E-state index contributed by atoms with van der Waals surface area (Å²) in [6.45, 7) is 6.46. The number of anilines is 1. The molecule has 0 N–H and O–H groups in total. The molecule has 3 heterocycles. The first-order valence-electron chi connectivity index (χ1n) is 15.0. The number of carbonyl (C=O) groups excluding carboxylic acids is 3. The quantitative estimate of drug-likeness (QED) is 0.344. The van der Waals surface area contributed by atoms with Gasteiger partial charge < -0.3 is 9.80 Å². The standard InChI is InChI=1S/C33H42ClN3O3/c1-23-9-10-30(22-31(23)34)37(33(40)27-13-17-35(18-14-27)24(2)38)16-6-15-36-28-11-12-29(36)20-25(19-28)21-32(39)26-7-4-3-5-8-26/h3-5,7-10,22,25,27-29H,6,11-21H2,1-2H3. The Kier molecular flexibility index (Phi) is 9.27. The Morgan fingerprint density at radius 1 is 0.950 bits per heavy atom. The fourth-order valence-electron chi connectivity index (χ4n) is 7.11. The molecule has 0 aliphatic carbocycles. The highest BCUT2D eigenvalue weighted by atomic mass is 35.5. The van der Waals surface area contributed by atoms with E-state index in [2.05, 4.69) is 4.90 Å². The van der Waals surface area contributed by atoms with Gasteiger partial charge in [-0.3, -0.25) is 19.3 Å². The molecule has 5 rings (SSSR count). The molecule has 2 atom stereocenters. The second-order valence-corrected chi connectivity index (χ2v) is 12.4. The van der Waals surface area contributed by atoms with Crippen LogP contribution in [0.4, 0.5) is 5.69 Å². The van der Waals surface area contributed by atoms with E-state index in [1.807, 2.05) is 65.3 Å². The number of nitrogens with zero attached hydrogens (tertiary/aromatic N) is 3. The van der Waals surface area contributed by atoms with Crippen LogP contribution < -0.4 is 4.90 Å². The van der Waals surface area contributed by atoms with Crippen molar-refractivity contribution >= 4 is 34.9 Å². The molecule has 3 aliphatic rings. The lowest BCUT2D eigenvalue weighted by Crippen LogP contribution is -2.46. The normalized spacial score (nSPS) is 23.3. The predicted octanol–water partition coefficient (Wildman–Crippen LogP) is 6.15. The van der Waals surface area contributed by atoms with Crippen molar-refractivity contribution in [1.82, 2.24) is 9.80 Å². The van der Waals surface area contributed by atoms with Crippen LogP contribution in [0.5, 0.6) is 0 Å². The Bertz CT molecular complexity index is 1200. The van der Waals surface area contributed by atoms with Gasteiger partial charge in [-0.05, 0) is 75.5 Å². The van der Waals surface area contributed by atoms with Gasteiger partial charge in [0.1, 0.15) is 0 Å². The highest BCUT2D eigenvalue weighted by molar-refractivity contribution is 6.31. The Hall–Kier alpha value is -2.70. The maximum atomic E-state index is 13.8. The summed E-state index contributed by atoms with van der Waals surface area (Å²) in [5.74, 6) is 0.860. The summed E-state index contributed by atoms with van der Waals surface area (Å²) < 4.78 is 0. The first kappa shape index (κ1) is 28.8. The summed E-state index contributed by atoms with van der Waals surface area (Å²) in [6, 6.07) is 16.6. The molecule has 0 aromatic heterocycles. The van der Waals surface area contributed by atoms with Gasteiger partial charge in [-0.15, -0.1) is 0 Å². The van der Waals surface area contributed by atoms with E-state index >= 15 is 0 Å². The minimum atomic E-state index is -0.0789. The summed E-state index contributed by atoms with van der Waals surface area (Å²) in [5.41, 5.74) is 2.68. The van der Waals surface area contributed by atoms with Crippen molar-refractivity contribution < 1.29 is 14.4 Å². The number of carbonyl (C=O) groups is 3. The molecule has 2 amide bonds. The average Bonchev–Trinajstić information content (AvgIpc) is 3.20. The molecule has 2 aromatic carbocycles. The van der Waals surface area contributed by atoms with E-state index in [-0.39, 0.29) is 23.5 Å². The topological polar surface area (TPSA) is 60.9 Å². The second kappa shape index (κ2) is 12.9. The van der Waals surface area contributed by atoms with Gasteiger partial charge in [0, 0.05) is 73.8 Å². The number of Topliss-reactive ketones (excluding diaryl/α,β-unsaturated/α-hetero) is 1. The first-order chi connectivity index (χ1) is 19.3. The smallest absolute Gasteiger partial charge is 0.230 e. The molecule has 3 fully saturated rings. The lowest BCUT2D eigenvalue weighted by atomic mass is 9.85. The Balaban J connectivity index is 1.19. The molecule has 0 spiro atoms. The Morgan fingerprint density at radius 2 is 1.62 bits per heavy atom. The van der Waals surface area contributed by atoms with Crippen LogP contribution in [-0.2, 0) is 9.59 Å². The van der Waals surface area contributed by atoms with Crippen molar-refractivity contribution in [1.29, 1.82) is 0 Å². The Labute approximate surface area is 243 Å². The van der Waals surface area contributed by atoms with Crippen molar-refractivity contribution in [3.05, 3.63) is 64.7 Å². The number of fused-ring (bicyclic) bond motifs is 2. The maximum Gasteiger partial charge on any atom is 0.230 e. The minimum Gasteiger partial charge on any atom is -0.343 e.